The van der Waals surface area contributed by atoms with Crippen LogP contribution in [0.25, 0.3) is 0 Å². The fourth-order valence-electron chi connectivity index (χ4n) is 2.52. The molecule has 0 spiro atoms. The van der Waals surface area contributed by atoms with Crippen LogP contribution >= 0.6 is 39.1 Å². The van der Waals surface area contributed by atoms with Crippen molar-refractivity contribution in [1.82, 2.24) is 0 Å². The Balaban J connectivity index is 1.77. The summed E-state index contributed by atoms with van der Waals surface area (Å²) in [4.78, 5) is 0. The Bertz CT molecular complexity index is 628. The average molecular weight is 357 g/mol. The zero-order valence-electron chi connectivity index (χ0n) is 10.1. The van der Waals surface area contributed by atoms with Crippen molar-refractivity contribution in [2.75, 3.05) is 5.32 Å². The average Bonchev–Trinajstić information content (AvgIpc) is 2.74. The standard InChI is InChI=1S/C15H12BrCl2N/c16-14-8-12(18)3-4-15(14)19-13-6-9-1-2-11(17)5-10(9)7-13/h1-5,8,13,19H,6-7H2. The van der Waals surface area contributed by atoms with Crippen molar-refractivity contribution < 1.29 is 0 Å². The van der Waals surface area contributed by atoms with Crippen LogP contribution in [0.4, 0.5) is 5.69 Å². The van der Waals surface area contributed by atoms with Gasteiger partial charge in [0.1, 0.15) is 0 Å². The molecule has 1 nitrogen and oxygen atoms in total. The maximum atomic E-state index is 6.03. The molecule has 1 unspecified atom stereocenters. The van der Waals surface area contributed by atoms with Crippen LogP contribution in [-0.2, 0) is 12.8 Å². The van der Waals surface area contributed by atoms with Gasteiger partial charge in [-0.05, 0) is 70.2 Å². The van der Waals surface area contributed by atoms with Gasteiger partial charge < -0.3 is 5.32 Å². The molecule has 0 heterocycles. The zero-order valence-corrected chi connectivity index (χ0v) is 13.2. The van der Waals surface area contributed by atoms with Gasteiger partial charge in [0.05, 0.1) is 0 Å². The van der Waals surface area contributed by atoms with E-state index in [1.807, 2.05) is 24.3 Å². The van der Waals surface area contributed by atoms with Crippen LogP contribution in [0.15, 0.2) is 40.9 Å². The van der Waals surface area contributed by atoms with E-state index in [1.54, 1.807) is 0 Å². The maximum Gasteiger partial charge on any atom is 0.0488 e. The van der Waals surface area contributed by atoms with Crippen LogP contribution in [0, 0.1) is 0 Å². The summed E-state index contributed by atoms with van der Waals surface area (Å²) in [5, 5.41) is 5.10. The number of fused-ring (bicyclic) bond motifs is 1. The van der Waals surface area contributed by atoms with Crippen LogP contribution in [0.5, 0.6) is 0 Å². The van der Waals surface area contributed by atoms with E-state index in [1.165, 1.54) is 11.1 Å². The first kappa shape index (κ1) is 13.3. The lowest BCUT2D eigenvalue weighted by molar-refractivity contribution is 0.774. The van der Waals surface area contributed by atoms with Gasteiger partial charge in [0.25, 0.3) is 0 Å². The van der Waals surface area contributed by atoms with Crippen molar-refractivity contribution >= 4 is 44.8 Å². The lowest BCUT2D eigenvalue weighted by Gasteiger charge is -2.15. The molecule has 2 aromatic carbocycles. The van der Waals surface area contributed by atoms with Crippen LogP contribution < -0.4 is 5.32 Å². The summed E-state index contributed by atoms with van der Waals surface area (Å²) in [7, 11) is 0. The Morgan fingerprint density at radius 3 is 2.42 bits per heavy atom. The summed E-state index contributed by atoms with van der Waals surface area (Å²) in [5.74, 6) is 0. The van der Waals surface area contributed by atoms with Gasteiger partial charge in [-0.2, -0.15) is 0 Å². The summed E-state index contributed by atoms with van der Waals surface area (Å²) >= 11 is 15.5. The smallest absolute Gasteiger partial charge is 0.0488 e. The summed E-state index contributed by atoms with van der Waals surface area (Å²) in [5.41, 5.74) is 3.80. The molecule has 0 saturated carbocycles. The zero-order chi connectivity index (χ0) is 13.4. The van der Waals surface area contributed by atoms with Crippen LogP contribution in [0.1, 0.15) is 11.1 Å². The number of hydrogen-bond donors (Lipinski definition) is 1. The van der Waals surface area contributed by atoms with Gasteiger partial charge in [0, 0.05) is 26.2 Å². The molecule has 1 aliphatic carbocycles. The van der Waals surface area contributed by atoms with Crippen molar-refractivity contribution in [1.29, 1.82) is 0 Å². The quantitative estimate of drug-likeness (QED) is 0.766. The van der Waals surface area contributed by atoms with E-state index in [2.05, 4.69) is 33.4 Å². The highest BCUT2D eigenvalue weighted by Crippen LogP contribution is 2.31. The number of nitrogens with one attached hydrogen (secondary N) is 1. The van der Waals surface area contributed by atoms with E-state index in [-0.39, 0.29) is 0 Å². The van der Waals surface area contributed by atoms with Crippen LogP contribution in [-0.4, -0.2) is 6.04 Å². The van der Waals surface area contributed by atoms with E-state index >= 15 is 0 Å². The Hall–Kier alpha value is -0.700. The molecule has 0 aliphatic heterocycles. The highest BCUT2D eigenvalue weighted by atomic mass is 79.9. The first-order chi connectivity index (χ1) is 9.11. The monoisotopic (exact) mass is 355 g/mol. The molecule has 0 radical (unpaired) electrons. The Morgan fingerprint density at radius 2 is 1.63 bits per heavy atom. The minimum atomic E-state index is 0.408. The third-order valence-electron chi connectivity index (χ3n) is 3.39. The summed E-state index contributed by atoms with van der Waals surface area (Å²) in [6.07, 6.45) is 2.03. The minimum Gasteiger partial charge on any atom is -0.381 e. The van der Waals surface area contributed by atoms with Gasteiger partial charge in [-0.15, -0.1) is 0 Å². The topological polar surface area (TPSA) is 12.0 Å². The SMILES string of the molecule is Clc1ccc(NC2Cc3ccc(Cl)cc3C2)c(Br)c1. The summed E-state index contributed by atoms with van der Waals surface area (Å²) in [6, 6.07) is 12.4. The van der Waals surface area contributed by atoms with Crippen molar-refractivity contribution in [3.63, 3.8) is 0 Å². The summed E-state index contributed by atoms with van der Waals surface area (Å²) in [6.45, 7) is 0. The molecular formula is C15H12BrCl2N. The highest BCUT2D eigenvalue weighted by Gasteiger charge is 2.21. The van der Waals surface area contributed by atoms with E-state index in [0.29, 0.717) is 6.04 Å². The first-order valence-corrected chi connectivity index (χ1v) is 7.65. The van der Waals surface area contributed by atoms with Gasteiger partial charge in [0.15, 0.2) is 0 Å². The fraction of sp³-hybridized carbons (Fsp3) is 0.200. The first-order valence-electron chi connectivity index (χ1n) is 6.11. The minimum absolute atomic E-state index is 0.408. The number of anilines is 1. The molecular weight excluding hydrogens is 345 g/mol. The molecule has 0 bridgehead atoms. The van der Waals surface area contributed by atoms with Crippen molar-refractivity contribution in [3.8, 4) is 0 Å². The fourth-order valence-corrected chi connectivity index (χ4v) is 3.51. The van der Waals surface area contributed by atoms with Crippen LogP contribution in [0.3, 0.4) is 0 Å². The Labute approximate surface area is 131 Å². The lowest BCUT2D eigenvalue weighted by atomic mass is 10.1. The molecule has 4 heteroatoms. The number of halogens is 3. The molecule has 0 amide bonds. The van der Waals surface area contributed by atoms with Crippen molar-refractivity contribution in [3.05, 3.63) is 62.0 Å². The van der Waals surface area contributed by atoms with Crippen LogP contribution in [0.2, 0.25) is 10.0 Å². The van der Waals surface area contributed by atoms with Crippen molar-refractivity contribution in [2.45, 2.75) is 18.9 Å². The second kappa shape index (κ2) is 5.35. The van der Waals surface area contributed by atoms with Gasteiger partial charge in [-0.25, -0.2) is 0 Å². The molecule has 0 saturated heterocycles. The normalized spacial score (nSPS) is 17.3. The van der Waals surface area contributed by atoms with E-state index in [9.17, 15) is 0 Å². The number of benzene rings is 2. The predicted molar refractivity (Wildman–Crippen MR) is 85.4 cm³/mol. The second-order valence-corrected chi connectivity index (χ2v) is 6.51. The molecule has 2 aromatic rings. The third kappa shape index (κ3) is 2.91. The lowest BCUT2D eigenvalue weighted by Crippen LogP contribution is -2.19. The predicted octanol–water partition coefficient (Wildman–Crippen LogP) is 5.34. The maximum absolute atomic E-state index is 6.03. The largest absolute Gasteiger partial charge is 0.381 e. The van der Waals surface area contributed by atoms with Gasteiger partial charge >= 0.3 is 0 Å². The number of hydrogen-bond acceptors (Lipinski definition) is 1. The molecule has 1 aliphatic rings. The molecule has 1 N–H and O–H groups in total. The molecule has 0 aromatic heterocycles. The molecule has 98 valence electrons. The highest BCUT2D eigenvalue weighted by molar-refractivity contribution is 9.10. The third-order valence-corrected chi connectivity index (χ3v) is 4.52. The van der Waals surface area contributed by atoms with Gasteiger partial charge in [0.2, 0.25) is 0 Å². The Kier molecular flexibility index (Phi) is 3.75. The van der Waals surface area contributed by atoms with E-state index in [0.717, 1.165) is 33.0 Å². The van der Waals surface area contributed by atoms with E-state index in [4.69, 9.17) is 23.2 Å². The van der Waals surface area contributed by atoms with E-state index < -0.39 is 0 Å². The molecule has 0 fully saturated rings. The van der Waals surface area contributed by atoms with Gasteiger partial charge in [-0.3, -0.25) is 0 Å². The van der Waals surface area contributed by atoms with Gasteiger partial charge in [-0.1, -0.05) is 29.3 Å². The number of rotatable bonds is 2. The second-order valence-electron chi connectivity index (χ2n) is 4.79. The molecule has 1 atom stereocenters. The van der Waals surface area contributed by atoms with Crippen molar-refractivity contribution in [2.24, 2.45) is 0 Å². The molecule has 19 heavy (non-hydrogen) atoms. The summed E-state index contributed by atoms with van der Waals surface area (Å²) < 4.78 is 0.994. The molecule has 3 rings (SSSR count). The Morgan fingerprint density at radius 1 is 0.947 bits per heavy atom.